The first kappa shape index (κ1) is 25.5. The van der Waals surface area contributed by atoms with Crippen LogP contribution < -0.4 is 10.6 Å². The molecule has 2 aromatic carbocycles. The first-order valence-electron chi connectivity index (χ1n) is 11.7. The summed E-state index contributed by atoms with van der Waals surface area (Å²) in [5.74, 6) is -1.37. The first-order valence-corrected chi connectivity index (χ1v) is 11.7. The number of aryl methyl sites for hydroxylation is 1. The van der Waals surface area contributed by atoms with Crippen molar-refractivity contribution in [2.24, 2.45) is 0 Å². The van der Waals surface area contributed by atoms with Gasteiger partial charge < -0.3 is 15.5 Å². The molecule has 9 nitrogen and oxygen atoms in total. The second-order valence-electron chi connectivity index (χ2n) is 8.61. The summed E-state index contributed by atoms with van der Waals surface area (Å²) in [6.07, 6.45) is 1.44. The van der Waals surface area contributed by atoms with E-state index in [1.165, 1.54) is 21.8 Å². The Balaban J connectivity index is 1.63. The third-order valence-electron chi connectivity index (χ3n) is 5.92. The fraction of sp³-hybridized carbons (Fsp3) is 0.222. The van der Waals surface area contributed by atoms with Crippen LogP contribution in [0.2, 0.25) is 0 Å². The Hall–Kier alpha value is -4.60. The molecule has 0 unspecified atom stereocenters. The van der Waals surface area contributed by atoms with Crippen LogP contribution in [0.4, 0.5) is 4.39 Å². The average Bonchev–Trinajstić information content (AvgIpc) is 3.30. The number of benzene rings is 2. The molecule has 4 rings (SSSR count). The quantitative estimate of drug-likeness (QED) is 0.403. The van der Waals surface area contributed by atoms with E-state index in [0.29, 0.717) is 34.3 Å². The molecule has 2 aromatic heterocycles. The van der Waals surface area contributed by atoms with Crippen molar-refractivity contribution in [1.82, 2.24) is 30.3 Å². The van der Waals surface area contributed by atoms with Crippen molar-refractivity contribution in [3.05, 3.63) is 82.9 Å². The predicted molar refractivity (Wildman–Crippen MR) is 138 cm³/mol. The van der Waals surface area contributed by atoms with Crippen molar-refractivity contribution < 1.29 is 18.8 Å². The number of aromatic nitrogens is 3. The highest BCUT2D eigenvalue weighted by molar-refractivity contribution is 6.06. The van der Waals surface area contributed by atoms with E-state index in [4.69, 9.17) is 0 Å². The van der Waals surface area contributed by atoms with Crippen LogP contribution in [0.1, 0.15) is 43.7 Å². The van der Waals surface area contributed by atoms with Crippen LogP contribution >= 0.6 is 0 Å². The minimum Gasteiger partial charge on any atom is -0.355 e. The summed E-state index contributed by atoms with van der Waals surface area (Å²) in [6.45, 7) is 2.40. The number of nitrogens with one attached hydrogen (secondary N) is 2. The van der Waals surface area contributed by atoms with Gasteiger partial charge >= 0.3 is 0 Å². The summed E-state index contributed by atoms with van der Waals surface area (Å²) >= 11 is 0. The van der Waals surface area contributed by atoms with Gasteiger partial charge in [-0.2, -0.15) is 5.10 Å². The van der Waals surface area contributed by atoms with Gasteiger partial charge in [-0.15, -0.1) is 0 Å². The van der Waals surface area contributed by atoms with Crippen LogP contribution in [0, 0.1) is 5.82 Å². The largest absolute Gasteiger partial charge is 0.355 e. The number of hydrogen-bond donors (Lipinski definition) is 2. The minimum absolute atomic E-state index is 0.0963. The van der Waals surface area contributed by atoms with E-state index in [0.717, 1.165) is 5.56 Å². The van der Waals surface area contributed by atoms with Crippen molar-refractivity contribution in [2.45, 2.75) is 20.0 Å². The standard InChI is InChI=1S/C27H27FN6O3/c1-5-34-24-20(12-19(13-21(24)28)22-11-10-18(15-30-22)27(37)33(3)4)23(32-34)26(36)31-14-16-6-8-17(9-7-16)25(35)29-2/h6-13,15H,5,14H2,1-4H3,(H,29,35)(H,31,36). The molecular weight excluding hydrogens is 475 g/mol. The lowest BCUT2D eigenvalue weighted by atomic mass is 10.1. The van der Waals surface area contributed by atoms with Gasteiger partial charge in [0.25, 0.3) is 17.7 Å². The molecule has 0 atom stereocenters. The Bertz CT molecular complexity index is 1480. The molecule has 190 valence electrons. The zero-order valence-electron chi connectivity index (χ0n) is 21.0. The van der Waals surface area contributed by atoms with Crippen LogP contribution in [-0.2, 0) is 13.1 Å². The van der Waals surface area contributed by atoms with E-state index in [9.17, 15) is 14.4 Å². The van der Waals surface area contributed by atoms with Crippen LogP contribution in [0.5, 0.6) is 0 Å². The van der Waals surface area contributed by atoms with E-state index in [-0.39, 0.29) is 29.6 Å². The molecule has 0 aliphatic carbocycles. The number of fused-ring (bicyclic) bond motifs is 1. The molecule has 0 fully saturated rings. The Kier molecular flexibility index (Phi) is 7.28. The molecule has 0 radical (unpaired) electrons. The lowest BCUT2D eigenvalue weighted by molar-refractivity contribution is 0.0826. The maximum Gasteiger partial charge on any atom is 0.272 e. The van der Waals surface area contributed by atoms with Crippen LogP contribution in [0.15, 0.2) is 54.7 Å². The number of carbonyl (C=O) groups excluding carboxylic acids is 3. The highest BCUT2D eigenvalue weighted by atomic mass is 19.1. The van der Waals surface area contributed by atoms with Gasteiger partial charge in [-0.05, 0) is 48.9 Å². The molecule has 2 N–H and O–H groups in total. The minimum atomic E-state index is -0.527. The van der Waals surface area contributed by atoms with Crippen molar-refractivity contribution in [3.8, 4) is 11.3 Å². The highest BCUT2D eigenvalue weighted by Crippen LogP contribution is 2.29. The Labute approximate surface area is 213 Å². The smallest absolute Gasteiger partial charge is 0.272 e. The van der Waals surface area contributed by atoms with Gasteiger partial charge in [-0.25, -0.2) is 4.39 Å². The lowest BCUT2D eigenvalue weighted by Gasteiger charge is -2.10. The van der Waals surface area contributed by atoms with E-state index < -0.39 is 11.7 Å². The molecule has 0 aliphatic heterocycles. The van der Waals surface area contributed by atoms with Crippen molar-refractivity contribution in [2.75, 3.05) is 21.1 Å². The molecule has 0 bridgehead atoms. The van der Waals surface area contributed by atoms with Gasteiger partial charge in [0.05, 0.1) is 11.3 Å². The number of pyridine rings is 1. The van der Waals surface area contributed by atoms with Crippen molar-refractivity contribution in [1.29, 1.82) is 0 Å². The summed E-state index contributed by atoms with van der Waals surface area (Å²) in [5, 5.41) is 10.1. The Morgan fingerprint density at radius 3 is 2.30 bits per heavy atom. The number of nitrogens with zero attached hydrogens (tertiary/aromatic N) is 4. The van der Waals surface area contributed by atoms with E-state index in [2.05, 4.69) is 20.7 Å². The summed E-state index contributed by atoms with van der Waals surface area (Å²) in [6, 6.07) is 13.2. The first-order chi connectivity index (χ1) is 17.7. The summed E-state index contributed by atoms with van der Waals surface area (Å²) in [5.41, 5.74) is 2.97. The number of amides is 3. The van der Waals surface area contributed by atoms with Crippen molar-refractivity contribution >= 4 is 28.6 Å². The van der Waals surface area contributed by atoms with Gasteiger partial charge in [-0.1, -0.05) is 12.1 Å². The molecular formula is C27H27FN6O3. The average molecular weight is 503 g/mol. The third-order valence-corrected chi connectivity index (χ3v) is 5.92. The van der Waals surface area contributed by atoms with Gasteiger partial charge in [0.15, 0.2) is 5.69 Å². The van der Waals surface area contributed by atoms with Gasteiger partial charge in [0.1, 0.15) is 11.3 Å². The molecule has 0 spiro atoms. The second kappa shape index (κ2) is 10.6. The van der Waals surface area contributed by atoms with Crippen LogP contribution in [0.25, 0.3) is 22.2 Å². The number of hydrogen-bond acceptors (Lipinski definition) is 5. The number of rotatable bonds is 7. The highest BCUT2D eigenvalue weighted by Gasteiger charge is 2.21. The maximum atomic E-state index is 15.2. The zero-order chi connectivity index (χ0) is 26.7. The Morgan fingerprint density at radius 1 is 1.00 bits per heavy atom. The number of carbonyl (C=O) groups is 3. The maximum absolute atomic E-state index is 15.2. The summed E-state index contributed by atoms with van der Waals surface area (Å²) in [4.78, 5) is 42.7. The topological polar surface area (TPSA) is 109 Å². The molecule has 37 heavy (non-hydrogen) atoms. The normalized spacial score (nSPS) is 10.8. The molecule has 0 aliphatic rings. The number of halogens is 1. The molecule has 2 heterocycles. The lowest BCUT2D eigenvalue weighted by Crippen LogP contribution is -2.24. The van der Waals surface area contributed by atoms with Crippen LogP contribution in [-0.4, -0.2) is 58.5 Å². The SMILES string of the molecule is CCn1nc(C(=O)NCc2ccc(C(=O)NC)cc2)c2cc(-c3ccc(C(=O)N(C)C)cn3)cc(F)c21. The van der Waals surface area contributed by atoms with Crippen LogP contribution in [0.3, 0.4) is 0 Å². The second-order valence-corrected chi connectivity index (χ2v) is 8.61. The van der Waals surface area contributed by atoms with Crippen molar-refractivity contribution in [3.63, 3.8) is 0 Å². The van der Waals surface area contributed by atoms with Gasteiger partial charge in [0, 0.05) is 56.9 Å². The van der Waals surface area contributed by atoms with E-state index >= 15 is 4.39 Å². The van der Waals surface area contributed by atoms with E-state index in [1.54, 1.807) is 63.6 Å². The molecule has 0 saturated heterocycles. The molecule has 4 aromatic rings. The molecule has 3 amide bonds. The zero-order valence-corrected chi connectivity index (χ0v) is 21.0. The van der Waals surface area contributed by atoms with Gasteiger partial charge in [-0.3, -0.25) is 24.0 Å². The summed E-state index contributed by atoms with van der Waals surface area (Å²) < 4.78 is 16.7. The monoisotopic (exact) mass is 502 g/mol. The molecule has 0 saturated carbocycles. The molecule has 10 heteroatoms. The van der Waals surface area contributed by atoms with Gasteiger partial charge in [0.2, 0.25) is 0 Å². The summed E-state index contributed by atoms with van der Waals surface area (Å²) in [7, 11) is 4.86. The predicted octanol–water partition coefficient (Wildman–Crippen LogP) is 3.25. The Morgan fingerprint density at radius 2 is 1.70 bits per heavy atom. The van der Waals surface area contributed by atoms with E-state index in [1.807, 2.05) is 6.92 Å². The fourth-order valence-corrected chi connectivity index (χ4v) is 3.94. The third kappa shape index (κ3) is 5.18. The fourth-order valence-electron chi connectivity index (χ4n) is 3.94.